The van der Waals surface area contributed by atoms with E-state index in [4.69, 9.17) is 9.47 Å². The third-order valence-corrected chi connectivity index (χ3v) is 6.70. The summed E-state index contributed by atoms with van der Waals surface area (Å²) in [5.74, 6) is -0.0965. The lowest BCUT2D eigenvalue weighted by Crippen LogP contribution is -2.29. The molecule has 1 unspecified atom stereocenters. The number of anilines is 1. The van der Waals surface area contributed by atoms with Crippen LogP contribution in [0.1, 0.15) is 61.9 Å². The van der Waals surface area contributed by atoms with E-state index in [2.05, 4.69) is 6.92 Å². The molecule has 4 rings (SSSR count). The van der Waals surface area contributed by atoms with Gasteiger partial charge < -0.3 is 14.6 Å². The fourth-order valence-corrected chi connectivity index (χ4v) is 4.68. The number of carbonyl (C=O) groups is 2. The maximum Gasteiger partial charge on any atom is 0.300 e. The van der Waals surface area contributed by atoms with Gasteiger partial charge in [-0.15, -0.1) is 0 Å². The number of aryl methyl sites for hydroxylation is 1. The molecule has 3 aromatic carbocycles. The van der Waals surface area contributed by atoms with Gasteiger partial charge in [0.1, 0.15) is 17.3 Å². The highest BCUT2D eigenvalue weighted by Crippen LogP contribution is 2.43. The molecule has 192 valence electrons. The standard InChI is InChI=1S/C31H33NO5/c1-6-20-8-13-23(14-9-20)32-28(21-10-15-24(36-5)16-11-21)27(30(34)31(32)35)29(33)22-12-17-26(37-7-2)25(18-22)19(3)4/h8-19,28,33H,6-7H2,1-5H3/b29-27-. The van der Waals surface area contributed by atoms with Gasteiger partial charge in [-0.2, -0.15) is 0 Å². The first-order chi connectivity index (χ1) is 17.8. The molecule has 0 aliphatic carbocycles. The van der Waals surface area contributed by atoms with Crippen LogP contribution in [0.4, 0.5) is 5.69 Å². The van der Waals surface area contributed by atoms with Gasteiger partial charge in [0.2, 0.25) is 0 Å². The van der Waals surface area contributed by atoms with Crippen molar-refractivity contribution in [2.75, 3.05) is 18.6 Å². The smallest absolute Gasteiger partial charge is 0.300 e. The third kappa shape index (κ3) is 4.96. The maximum absolute atomic E-state index is 13.5. The zero-order chi connectivity index (χ0) is 26.7. The quantitative estimate of drug-likeness (QED) is 0.220. The van der Waals surface area contributed by atoms with Crippen LogP contribution in [0.2, 0.25) is 0 Å². The Morgan fingerprint density at radius 3 is 2.22 bits per heavy atom. The molecule has 1 N–H and O–H groups in total. The van der Waals surface area contributed by atoms with Crippen molar-refractivity contribution in [2.24, 2.45) is 0 Å². The Bertz CT molecular complexity index is 1320. The van der Waals surface area contributed by atoms with Gasteiger partial charge >= 0.3 is 0 Å². The molecule has 1 atom stereocenters. The van der Waals surface area contributed by atoms with Crippen LogP contribution in [0.25, 0.3) is 5.76 Å². The molecule has 0 aromatic heterocycles. The summed E-state index contributed by atoms with van der Waals surface area (Å²) in [6.45, 7) is 8.57. The fraction of sp³-hybridized carbons (Fsp3) is 0.290. The van der Waals surface area contributed by atoms with E-state index in [9.17, 15) is 14.7 Å². The predicted molar refractivity (Wildman–Crippen MR) is 145 cm³/mol. The summed E-state index contributed by atoms with van der Waals surface area (Å²) in [7, 11) is 1.58. The fourth-order valence-electron chi connectivity index (χ4n) is 4.68. The highest BCUT2D eigenvalue weighted by atomic mass is 16.5. The van der Waals surface area contributed by atoms with E-state index in [1.807, 2.05) is 63.2 Å². The van der Waals surface area contributed by atoms with Crippen molar-refractivity contribution >= 4 is 23.1 Å². The molecular weight excluding hydrogens is 466 g/mol. The molecule has 1 aliphatic rings. The molecule has 37 heavy (non-hydrogen) atoms. The topological polar surface area (TPSA) is 76.1 Å². The Morgan fingerprint density at radius 2 is 1.65 bits per heavy atom. The van der Waals surface area contributed by atoms with E-state index in [0.717, 1.165) is 23.3 Å². The molecule has 1 heterocycles. The Balaban J connectivity index is 1.91. The van der Waals surface area contributed by atoms with Crippen LogP contribution in [-0.2, 0) is 16.0 Å². The molecule has 0 spiro atoms. The number of hydrogen-bond donors (Lipinski definition) is 1. The highest BCUT2D eigenvalue weighted by molar-refractivity contribution is 6.51. The lowest BCUT2D eigenvalue weighted by Gasteiger charge is -2.26. The van der Waals surface area contributed by atoms with Gasteiger partial charge in [0.25, 0.3) is 11.7 Å². The van der Waals surface area contributed by atoms with Crippen LogP contribution in [0.5, 0.6) is 11.5 Å². The van der Waals surface area contributed by atoms with Gasteiger partial charge in [-0.25, -0.2) is 0 Å². The number of nitrogens with zero attached hydrogens (tertiary/aromatic N) is 1. The normalized spacial score (nSPS) is 16.9. The Kier molecular flexibility index (Phi) is 7.67. The molecule has 1 amide bonds. The summed E-state index contributed by atoms with van der Waals surface area (Å²) in [6, 6.07) is 19.3. The van der Waals surface area contributed by atoms with Crippen LogP contribution in [0, 0.1) is 0 Å². The van der Waals surface area contributed by atoms with E-state index < -0.39 is 17.7 Å². The third-order valence-electron chi connectivity index (χ3n) is 6.70. The summed E-state index contributed by atoms with van der Waals surface area (Å²) >= 11 is 0. The molecule has 1 saturated heterocycles. The number of ether oxygens (including phenoxy) is 2. The minimum absolute atomic E-state index is 0.0496. The van der Waals surface area contributed by atoms with E-state index in [0.29, 0.717) is 29.2 Å². The predicted octanol–water partition coefficient (Wildman–Crippen LogP) is 6.41. The van der Waals surface area contributed by atoms with Crippen LogP contribution in [0.3, 0.4) is 0 Å². The van der Waals surface area contributed by atoms with E-state index in [1.165, 1.54) is 4.90 Å². The second-order valence-corrected chi connectivity index (χ2v) is 9.30. The number of ketones is 1. The van der Waals surface area contributed by atoms with Gasteiger partial charge in [0, 0.05) is 11.3 Å². The summed E-state index contributed by atoms with van der Waals surface area (Å²) in [5, 5.41) is 11.5. The Labute approximate surface area is 218 Å². The average molecular weight is 500 g/mol. The first kappa shape index (κ1) is 26.0. The molecule has 6 heteroatoms. The van der Waals surface area contributed by atoms with E-state index in [-0.39, 0.29) is 17.3 Å². The van der Waals surface area contributed by atoms with E-state index >= 15 is 0 Å². The number of amides is 1. The molecule has 3 aromatic rings. The Hall–Kier alpha value is -4.06. The maximum atomic E-state index is 13.5. The van der Waals surface area contributed by atoms with Crippen LogP contribution in [0.15, 0.2) is 72.3 Å². The lowest BCUT2D eigenvalue weighted by molar-refractivity contribution is -0.132. The Morgan fingerprint density at radius 1 is 0.973 bits per heavy atom. The van der Waals surface area contributed by atoms with Gasteiger partial charge in [-0.1, -0.05) is 45.0 Å². The largest absolute Gasteiger partial charge is 0.507 e. The van der Waals surface area contributed by atoms with Gasteiger partial charge in [0.15, 0.2) is 0 Å². The SMILES string of the molecule is CCOc1ccc(/C(O)=C2/C(=O)C(=O)N(c3ccc(CC)cc3)C2c2ccc(OC)cc2)cc1C(C)C. The first-order valence-corrected chi connectivity index (χ1v) is 12.6. The number of benzene rings is 3. The van der Waals surface area contributed by atoms with E-state index in [1.54, 1.807) is 31.4 Å². The van der Waals surface area contributed by atoms with Crippen molar-refractivity contribution in [3.8, 4) is 11.5 Å². The minimum atomic E-state index is -0.799. The van der Waals surface area contributed by atoms with Gasteiger partial charge in [-0.05, 0) is 78.4 Å². The van der Waals surface area contributed by atoms with Crippen molar-refractivity contribution in [3.63, 3.8) is 0 Å². The summed E-state index contributed by atoms with van der Waals surface area (Å²) < 4.78 is 11.1. The molecule has 0 saturated carbocycles. The lowest BCUT2D eigenvalue weighted by atomic mass is 9.93. The second-order valence-electron chi connectivity index (χ2n) is 9.30. The number of Topliss-reactive ketones (excluding diaryl/α,β-unsaturated/α-hetero) is 1. The van der Waals surface area contributed by atoms with Crippen molar-refractivity contribution in [3.05, 3.63) is 94.6 Å². The summed E-state index contributed by atoms with van der Waals surface area (Å²) in [4.78, 5) is 28.3. The zero-order valence-electron chi connectivity index (χ0n) is 21.9. The number of rotatable bonds is 8. The van der Waals surface area contributed by atoms with Gasteiger partial charge in [-0.3, -0.25) is 14.5 Å². The molecule has 1 fully saturated rings. The highest BCUT2D eigenvalue weighted by Gasteiger charge is 2.47. The monoisotopic (exact) mass is 499 g/mol. The van der Waals surface area contributed by atoms with Crippen molar-refractivity contribution in [2.45, 2.75) is 46.1 Å². The van der Waals surface area contributed by atoms with Gasteiger partial charge in [0.05, 0.1) is 25.3 Å². The number of methoxy groups -OCH3 is 1. The van der Waals surface area contributed by atoms with Crippen molar-refractivity contribution in [1.82, 2.24) is 0 Å². The molecule has 6 nitrogen and oxygen atoms in total. The van der Waals surface area contributed by atoms with Crippen LogP contribution >= 0.6 is 0 Å². The number of aliphatic hydroxyl groups is 1. The van der Waals surface area contributed by atoms with Crippen molar-refractivity contribution < 1.29 is 24.2 Å². The zero-order valence-corrected chi connectivity index (χ0v) is 21.9. The summed E-state index contributed by atoms with van der Waals surface area (Å²) in [6.07, 6.45) is 0.858. The molecule has 1 aliphatic heterocycles. The second kappa shape index (κ2) is 10.9. The van der Waals surface area contributed by atoms with Crippen LogP contribution in [-0.4, -0.2) is 30.5 Å². The number of aliphatic hydroxyl groups excluding tert-OH is 1. The average Bonchev–Trinajstić information content (AvgIpc) is 3.18. The minimum Gasteiger partial charge on any atom is -0.507 e. The number of hydrogen-bond acceptors (Lipinski definition) is 5. The number of carbonyl (C=O) groups excluding carboxylic acids is 2. The summed E-state index contributed by atoms with van der Waals surface area (Å²) in [5.41, 5.74) is 3.83. The molecule has 0 bridgehead atoms. The van der Waals surface area contributed by atoms with Crippen LogP contribution < -0.4 is 14.4 Å². The first-order valence-electron chi connectivity index (χ1n) is 12.6. The molecule has 0 radical (unpaired) electrons. The van der Waals surface area contributed by atoms with Crippen molar-refractivity contribution in [1.29, 1.82) is 0 Å². The molecular formula is C31H33NO5.